The Balaban J connectivity index is 1.91. The minimum absolute atomic E-state index is 0.0254. The number of hydrogen-bond acceptors (Lipinski definition) is 3. The van der Waals surface area contributed by atoms with Gasteiger partial charge >= 0.3 is 0 Å². The summed E-state index contributed by atoms with van der Waals surface area (Å²) in [5.74, 6) is 0. The van der Waals surface area contributed by atoms with Gasteiger partial charge in [-0.1, -0.05) is 30.3 Å². The SMILES string of the molecule is CC1(C)CCCC(C)(C)N1O[C@H](C=O)CCCc1ccccc1. The van der Waals surface area contributed by atoms with Crippen LogP contribution in [0.3, 0.4) is 0 Å². The summed E-state index contributed by atoms with van der Waals surface area (Å²) in [6, 6.07) is 10.4. The van der Waals surface area contributed by atoms with Crippen LogP contribution in [0.1, 0.15) is 65.4 Å². The Kier molecular flexibility index (Phi) is 5.99. The number of aryl methyl sites for hydroxylation is 1. The molecule has 1 aromatic rings. The Hall–Kier alpha value is -1.19. The molecule has 1 aromatic carbocycles. The first-order valence-electron chi connectivity index (χ1n) is 8.81. The van der Waals surface area contributed by atoms with Gasteiger partial charge in [-0.25, -0.2) is 0 Å². The molecule has 1 atom stereocenters. The second-order valence-electron chi connectivity index (χ2n) is 7.93. The monoisotopic (exact) mass is 317 g/mol. The Labute approximate surface area is 141 Å². The number of piperidine rings is 1. The van der Waals surface area contributed by atoms with Crippen LogP contribution in [0.4, 0.5) is 0 Å². The fourth-order valence-electron chi connectivity index (χ4n) is 3.69. The van der Waals surface area contributed by atoms with Crippen molar-refractivity contribution in [2.75, 3.05) is 0 Å². The number of rotatable bonds is 7. The molecule has 0 amide bonds. The summed E-state index contributed by atoms with van der Waals surface area (Å²) in [5.41, 5.74) is 1.26. The first-order valence-corrected chi connectivity index (χ1v) is 8.81. The van der Waals surface area contributed by atoms with E-state index in [0.717, 1.165) is 38.4 Å². The van der Waals surface area contributed by atoms with Crippen molar-refractivity contribution in [3.8, 4) is 0 Å². The van der Waals surface area contributed by atoms with Crippen LogP contribution in [0.5, 0.6) is 0 Å². The van der Waals surface area contributed by atoms with E-state index in [4.69, 9.17) is 4.84 Å². The van der Waals surface area contributed by atoms with Gasteiger partial charge < -0.3 is 4.79 Å². The van der Waals surface area contributed by atoms with Gasteiger partial charge in [0, 0.05) is 11.1 Å². The van der Waals surface area contributed by atoms with Crippen molar-refractivity contribution in [3.05, 3.63) is 35.9 Å². The normalized spacial score (nSPS) is 21.7. The Morgan fingerprint density at radius 1 is 1.13 bits per heavy atom. The highest BCUT2D eigenvalue weighted by Gasteiger charge is 2.43. The summed E-state index contributed by atoms with van der Waals surface area (Å²) in [6.07, 6.45) is 6.74. The number of carbonyl (C=O) groups excluding carboxylic acids is 1. The lowest BCUT2D eigenvalue weighted by Gasteiger charge is -2.52. The molecule has 0 spiro atoms. The number of benzene rings is 1. The fraction of sp³-hybridized carbons (Fsp3) is 0.650. The third-order valence-corrected chi connectivity index (χ3v) is 4.87. The molecular formula is C20H31NO2. The first kappa shape index (κ1) is 18.2. The van der Waals surface area contributed by atoms with Gasteiger partial charge in [-0.05, 0) is 71.8 Å². The second-order valence-corrected chi connectivity index (χ2v) is 7.93. The van der Waals surface area contributed by atoms with Crippen LogP contribution in [-0.2, 0) is 16.1 Å². The van der Waals surface area contributed by atoms with Crippen molar-refractivity contribution in [2.45, 2.75) is 83.4 Å². The fourth-order valence-corrected chi connectivity index (χ4v) is 3.69. The average Bonchev–Trinajstić information content (AvgIpc) is 2.49. The van der Waals surface area contributed by atoms with Crippen LogP contribution in [0.25, 0.3) is 0 Å². The molecule has 1 aliphatic rings. The molecule has 23 heavy (non-hydrogen) atoms. The van der Waals surface area contributed by atoms with E-state index < -0.39 is 0 Å². The van der Waals surface area contributed by atoms with E-state index in [1.807, 2.05) is 6.07 Å². The van der Waals surface area contributed by atoms with E-state index in [0.29, 0.717) is 0 Å². The Morgan fingerprint density at radius 2 is 1.74 bits per heavy atom. The highest BCUT2D eigenvalue weighted by Crippen LogP contribution is 2.38. The van der Waals surface area contributed by atoms with Crippen LogP contribution < -0.4 is 0 Å². The van der Waals surface area contributed by atoms with E-state index in [1.54, 1.807) is 0 Å². The molecule has 3 nitrogen and oxygen atoms in total. The molecule has 3 heteroatoms. The Morgan fingerprint density at radius 3 is 2.30 bits per heavy atom. The zero-order valence-electron chi connectivity index (χ0n) is 15.0. The molecule has 0 bridgehead atoms. The van der Waals surface area contributed by atoms with Gasteiger partial charge in [0.15, 0.2) is 6.29 Å². The lowest BCUT2D eigenvalue weighted by atomic mass is 9.82. The largest absolute Gasteiger partial charge is 0.300 e. The van der Waals surface area contributed by atoms with Gasteiger partial charge in [0.05, 0.1) is 0 Å². The molecule has 0 radical (unpaired) electrons. The molecule has 1 aliphatic heterocycles. The number of nitrogens with zero attached hydrogens (tertiary/aromatic N) is 1. The number of aldehydes is 1. The highest BCUT2D eigenvalue weighted by atomic mass is 16.7. The molecule has 1 fully saturated rings. The highest BCUT2D eigenvalue weighted by molar-refractivity contribution is 5.55. The van der Waals surface area contributed by atoms with Crippen LogP contribution in [0.2, 0.25) is 0 Å². The number of hydroxylamine groups is 2. The van der Waals surface area contributed by atoms with Crippen LogP contribution in [0, 0.1) is 0 Å². The van der Waals surface area contributed by atoms with E-state index in [9.17, 15) is 4.79 Å². The van der Waals surface area contributed by atoms with E-state index in [2.05, 4.69) is 57.0 Å². The summed E-state index contributed by atoms with van der Waals surface area (Å²) in [7, 11) is 0. The molecule has 0 unspecified atom stereocenters. The number of hydrogen-bond donors (Lipinski definition) is 0. The maximum absolute atomic E-state index is 11.5. The van der Waals surface area contributed by atoms with Gasteiger partial charge in [0.2, 0.25) is 0 Å². The van der Waals surface area contributed by atoms with Gasteiger partial charge in [0.25, 0.3) is 0 Å². The van der Waals surface area contributed by atoms with Crippen molar-refractivity contribution in [3.63, 3.8) is 0 Å². The van der Waals surface area contributed by atoms with Crippen LogP contribution in [-0.4, -0.2) is 28.5 Å². The number of carbonyl (C=O) groups is 1. The van der Waals surface area contributed by atoms with Gasteiger partial charge in [-0.2, -0.15) is 5.06 Å². The summed E-state index contributed by atoms with van der Waals surface area (Å²) in [5, 5.41) is 2.09. The molecule has 1 heterocycles. The van der Waals surface area contributed by atoms with Crippen LogP contribution in [0.15, 0.2) is 30.3 Å². The quantitative estimate of drug-likeness (QED) is 0.691. The third kappa shape index (κ3) is 4.89. The minimum atomic E-state index is -0.352. The molecule has 1 saturated heterocycles. The van der Waals surface area contributed by atoms with E-state index in [-0.39, 0.29) is 17.2 Å². The maximum atomic E-state index is 11.5. The third-order valence-electron chi connectivity index (χ3n) is 4.87. The molecule has 0 aromatic heterocycles. The van der Waals surface area contributed by atoms with Crippen molar-refractivity contribution >= 4 is 6.29 Å². The lowest BCUT2D eigenvalue weighted by molar-refractivity contribution is -0.297. The van der Waals surface area contributed by atoms with Gasteiger partial charge in [-0.15, -0.1) is 0 Å². The predicted octanol–water partition coefficient (Wildman–Crippen LogP) is 4.55. The molecule has 0 N–H and O–H groups in total. The van der Waals surface area contributed by atoms with Crippen molar-refractivity contribution in [1.29, 1.82) is 0 Å². The molecule has 2 rings (SSSR count). The van der Waals surface area contributed by atoms with E-state index >= 15 is 0 Å². The summed E-state index contributed by atoms with van der Waals surface area (Å²) in [6.45, 7) is 8.83. The minimum Gasteiger partial charge on any atom is -0.300 e. The predicted molar refractivity (Wildman–Crippen MR) is 94.2 cm³/mol. The van der Waals surface area contributed by atoms with Crippen LogP contribution >= 0.6 is 0 Å². The standard InChI is InChI=1S/C20H31NO2/c1-19(2)14-9-15-20(3,4)21(19)23-18(16-22)13-8-12-17-10-6-5-7-11-17/h5-7,10-11,16,18H,8-9,12-15H2,1-4H3/t18-/m0/s1. The smallest absolute Gasteiger partial charge is 0.150 e. The molecule has 0 saturated carbocycles. The zero-order valence-corrected chi connectivity index (χ0v) is 15.0. The first-order chi connectivity index (χ1) is 10.8. The zero-order chi connectivity index (χ0) is 16.9. The summed E-state index contributed by atoms with van der Waals surface area (Å²) >= 11 is 0. The summed E-state index contributed by atoms with van der Waals surface area (Å²) < 4.78 is 0. The molecular weight excluding hydrogens is 286 g/mol. The van der Waals surface area contributed by atoms with Crippen molar-refractivity contribution in [2.24, 2.45) is 0 Å². The summed E-state index contributed by atoms with van der Waals surface area (Å²) in [4.78, 5) is 17.7. The topological polar surface area (TPSA) is 29.5 Å². The van der Waals surface area contributed by atoms with Crippen molar-refractivity contribution < 1.29 is 9.63 Å². The van der Waals surface area contributed by atoms with E-state index in [1.165, 1.54) is 12.0 Å². The Bertz CT molecular complexity index is 480. The van der Waals surface area contributed by atoms with Gasteiger partial charge in [0.1, 0.15) is 6.10 Å². The molecule has 128 valence electrons. The second kappa shape index (κ2) is 7.59. The average molecular weight is 317 g/mol. The maximum Gasteiger partial charge on any atom is 0.150 e. The van der Waals surface area contributed by atoms with Crippen molar-refractivity contribution in [1.82, 2.24) is 5.06 Å². The molecule has 0 aliphatic carbocycles. The van der Waals surface area contributed by atoms with Gasteiger partial charge in [-0.3, -0.25) is 4.84 Å². The lowest BCUT2D eigenvalue weighted by Crippen LogP contribution is -2.59.